The molecule has 1 fully saturated rings. The lowest BCUT2D eigenvalue weighted by atomic mass is 10.2. The highest BCUT2D eigenvalue weighted by Crippen LogP contribution is 2.36. The first kappa shape index (κ1) is 12.6. The van der Waals surface area contributed by atoms with Crippen molar-refractivity contribution in [3.05, 3.63) is 22.6 Å². The summed E-state index contributed by atoms with van der Waals surface area (Å²) < 4.78 is 21.8. The van der Waals surface area contributed by atoms with Crippen LogP contribution in [-0.2, 0) is 24.8 Å². The molecule has 0 aliphatic carbocycles. The summed E-state index contributed by atoms with van der Waals surface area (Å²) in [7, 11) is 1.35. The van der Waals surface area contributed by atoms with Gasteiger partial charge in [0.25, 0.3) is 0 Å². The molecule has 1 aromatic heterocycles. The molecular weight excluding hydrogens is 292 g/mol. The predicted molar refractivity (Wildman–Crippen MR) is 61.2 cm³/mol. The Morgan fingerprint density at radius 2 is 2.41 bits per heavy atom. The lowest BCUT2D eigenvalue weighted by Gasteiger charge is -2.20. The number of ether oxygens (including phenoxy) is 3. The molecule has 2 atom stereocenters. The van der Waals surface area contributed by atoms with Crippen LogP contribution < -0.4 is 0 Å². The zero-order valence-electron chi connectivity index (χ0n) is 9.57. The van der Waals surface area contributed by atoms with Gasteiger partial charge in [-0.3, -0.25) is 4.79 Å². The Kier molecular flexibility index (Phi) is 3.56. The second kappa shape index (κ2) is 4.80. The number of carbonyl (C=O) groups excluding carboxylic acids is 1. The average Bonchev–Trinajstić information content (AvgIpc) is 2.87. The highest BCUT2D eigenvalue weighted by Gasteiger charge is 2.42. The van der Waals surface area contributed by atoms with E-state index in [2.05, 4.69) is 20.7 Å². The number of esters is 1. The van der Waals surface area contributed by atoms with Gasteiger partial charge in [-0.05, 0) is 35.0 Å². The van der Waals surface area contributed by atoms with Crippen LogP contribution in [0, 0.1) is 0 Å². The normalized spacial score (nSPS) is 28.3. The van der Waals surface area contributed by atoms with Crippen molar-refractivity contribution in [3.8, 4) is 0 Å². The first-order chi connectivity index (χ1) is 8.03. The van der Waals surface area contributed by atoms with Gasteiger partial charge in [-0.25, -0.2) is 0 Å². The van der Waals surface area contributed by atoms with E-state index in [1.54, 1.807) is 19.1 Å². The molecule has 2 unspecified atom stereocenters. The molecule has 2 heterocycles. The van der Waals surface area contributed by atoms with Crippen LogP contribution in [0.3, 0.4) is 0 Å². The van der Waals surface area contributed by atoms with Crippen molar-refractivity contribution in [1.29, 1.82) is 0 Å². The molecule has 6 heteroatoms. The number of furan rings is 1. The predicted octanol–water partition coefficient (Wildman–Crippen LogP) is 2.19. The highest BCUT2D eigenvalue weighted by atomic mass is 79.9. The summed E-state index contributed by atoms with van der Waals surface area (Å²) in [5, 5.41) is 0. The van der Waals surface area contributed by atoms with E-state index in [-0.39, 0.29) is 18.5 Å². The van der Waals surface area contributed by atoms with Crippen molar-refractivity contribution >= 4 is 21.9 Å². The SMILES string of the molecule is COC(=O)CC1COC(C)(c2ccc(Br)o2)O1. The average molecular weight is 305 g/mol. The number of rotatable bonds is 3. The highest BCUT2D eigenvalue weighted by molar-refractivity contribution is 9.10. The molecule has 0 N–H and O–H groups in total. The number of hydrogen-bond donors (Lipinski definition) is 0. The summed E-state index contributed by atoms with van der Waals surface area (Å²) in [4.78, 5) is 11.1. The van der Waals surface area contributed by atoms with Crippen LogP contribution in [0.15, 0.2) is 21.2 Å². The molecule has 1 aromatic rings. The summed E-state index contributed by atoms with van der Waals surface area (Å²) in [5.74, 6) is -0.690. The van der Waals surface area contributed by atoms with Crippen LogP contribution in [0.4, 0.5) is 0 Å². The molecule has 1 aliphatic rings. The van der Waals surface area contributed by atoms with E-state index in [0.29, 0.717) is 17.0 Å². The maximum atomic E-state index is 11.1. The van der Waals surface area contributed by atoms with Gasteiger partial charge in [0.15, 0.2) is 10.4 Å². The van der Waals surface area contributed by atoms with Crippen LogP contribution in [0.2, 0.25) is 0 Å². The lowest BCUT2D eigenvalue weighted by Crippen LogP contribution is -2.24. The molecule has 0 saturated carbocycles. The van der Waals surface area contributed by atoms with E-state index in [0.717, 1.165) is 0 Å². The zero-order chi connectivity index (χ0) is 12.5. The molecule has 0 spiro atoms. The van der Waals surface area contributed by atoms with Gasteiger partial charge in [0.05, 0.1) is 26.2 Å². The van der Waals surface area contributed by atoms with Gasteiger partial charge >= 0.3 is 5.97 Å². The minimum atomic E-state index is -0.940. The maximum absolute atomic E-state index is 11.1. The molecule has 0 aromatic carbocycles. The van der Waals surface area contributed by atoms with Crippen molar-refractivity contribution < 1.29 is 23.4 Å². The molecule has 17 heavy (non-hydrogen) atoms. The number of hydrogen-bond acceptors (Lipinski definition) is 5. The fraction of sp³-hybridized carbons (Fsp3) is 0.545. The van der Waals surface area contributed by atoms with Gasteiger partial charge in [0, 0.05) is 0 Å². The lowest BCUT2D eigenvalue weighted by molar-refractivity contribution is -0.177. The zero-order valence-corrected chi connectivity index (χ0v) is 11.2. The van der Waals surface area contributed by atoms with Crippen LogP contribution in [-0.4, -0.2) is 25.8 Å². The first-order valence-electron chi connectivity index (χ1n) is 5.18. The second-order valence-corrected chi connectivity index (χ2v) is 4.66. The smallest absolute Gasteiger partial charge is 0.308 e. The molecule has 0 bridgehead atoms. The van der Waals surface area contributed by atoms with Gasteiger partial charge in [0.2, 0.25) is 5.79 Å². The van der Waals surface area contributed by atoms with Crippen LogP contribution in [0.25, 0.3) is 0 Å². The largest absolute Gasteiger partial charge is 0.469 e. The Morgan fingerprint density at radius 3 is 3.00 bits per heavy atom. The van der Waals surface area contributed by atoms with Gasteiger partial charge in [-0.2, -0.15) is 0 Å². The van der Waals surface area contributed by atoms with Gasteiger partial charge in [-0.1, -0.05) is 0 Å². The van der Waals surface area contributed by atoms with E-state index < -0.39 is 5.79 Å². The third-order valence-electron chi connectivity index (χ3n) is 2.58. The van der Waals surface area contributed by atoms with E-state index in [4.69, 9.17) is 13.9 Å². The third kappa shape index (κ3) is 2.70. The van der Waals surface area contributed by atoms with Gasteiger partial charge in [0.1, 0.15) is 0 Å². The van der Waals surface area contributed by atoms with Crippen molar-refractivity contribution in [1.82, 2.24) is 0 Å². The Balaban J connectivity index is 2.03. The molecule has 1 saturated heterocycles. The molecule has 2 rings (SSSR count). The Bertz CT molecular complexity index is 416. The van der Waals surface area contributed by atoms with Crippen LogP contribution >= 0.6 is 15.9 Å². The van der Waals surface area contributed by atoms with Crippen LogP contribution in [0.5, 0.6) is 0 Å². The van der Waals surface area contributed by atoms with Crippen LogP contribution in [0.1, 0.15) is 19.1 Å². The monoisotopic (exact) mass is 304 g/mol. The van der Waals surface area contributed by atoms with Gasteiger partial charge < -0.3 is 18.6 Å². The summed E-state index contributed by atoms with van der Waals surface area (Å²) in [5.41, 5.74) is 0. The number of methoxy groups -OCH3 is 1. The molecule has 0 radical (unpaired) electrons. The van der Waals surface area contributed by atoms with E-state index in [1.807, 2.05) is 0 Å². The minimum absolute atomic E-state index is 0.175. The third-order valence-corrected chi connectivity index (χ3v) is 3.01. The standard InChI is InChI=1S/C11H13BrO5/c1-11(8-3-4-9(12)16-8)15-6-7(17-11)5-10(13)14-2/h3-4,7H,5-6H2,1-2H3. The quantitative estimate of drug-likeness (QED) is 0.801. The minimum Gasteiger partial charge on any atom is -0.469 e. The molecule has 94 valence electrons. The Hall–Kier alpha value is -0.850. The molecule has 5 nitrogen and oxygen atoms in total. The first-order valence-corrected chi connectivity index (χ1v) is 5.97. The van der Waals surface area contributed by atoms with Gasteiger partial charge in [-0.15, -0.1) is 0 Å². The maximum Gasteiger partial charge on any atom is 0.308 e. The van der Waals surface area contributed by atoms with Crippen molar-refractivity contribution in [2.75, 3.05) is 13.7 Å². The number of halogens is 1. The van der Waals surface area contributed by atoms with E-state index >= 15 is 0 Å². The molecule has 0 amide bonds. The fourth-order valence-electron chi connectivity index (χ4n) is 1.70. The van der Waals surface area contributed by atoms with E-state index in [1.165, 1.54) is 7.11 Å². The summed E-state index contributed by atoms with van der Waals surface area (Å²) >= 11 is 3.22. The van der Waals surface area contributed by atoms with Crippen molar-refractivity contribution in [2.45, 2.75) is 25.2 Å². The Morgan fingerprint density at radius 1 is 1.65 bits per heavy atom. The molecular formula is C11H13BrO5. The van der Waals surface area contributed by atoms with Crippen molar-refractivity contribution in [3.63, 3.8) is 0 Å². The topological polar surface area (TPSA) is 57.9 Å². The summed E-state index contributed by atoms with van der Waals surface area (Å²) in [6.07, 6.45) is -0.134. The van der Waals surface area contributed by atoms with E-state index in [9.17, 15) is 4.79 Å². The Labute approximate surface area is 107 Å². The second-order valence-electron chi connectivity index (χ2n) is 3.88. The van der Waals surface area contributed by atoms with Crippen molar-refractivity contribution in [2.24, 2.45) is 0 Å². The fourth-order valence-corrected chi connectivity index (χ4v) is 2.00. The summed E-state index contributed by atoms with van der Waals surface area (Å²) in [6.45, 7) is 2.10. The molecule has 1 aliphatic heterocycles. The summed E-state index contributed by atoms with van der Waals surface area (Å²) in [6, 6.07) is 3.53. The number of carbonyl (C=O) groups is 1.